The van der Waals surface area contributed by atoms with Crippen molar-refractivity contribution in [2.45, 2.75) is 33.1 Å². The van der Waals surface area contributed by atoms with Crippen LogP contribution in [0.1, 0.15) is 37.8 Å². The number of urea groups is 1. The maximum atomic E-state index is 12.4. The quantitative estimate of drug-likeness (QED) is 0.872. The Morgan fingerprint density at radius 1 is 1.19 bits per heavy atom. The number of nitrogens with one attached hydrogen (secondary N) is 1. The van der Waals surface area contributed by atoms with E-state index in [1.807, 2.05) is 21.1 Å². The number of amides is 2. The molecule has 0 atom stereocenters. The second-order valence-corrected chi connectivity index (χ2v) is 6.04. The molecule has 0 saturated carbocycles. The molecule has 1 aromatic carbocycles. The third-order valence-corrected chi connectivity index (χ3v) is 3.65. The van der Waals surface area contributed by atoms with E-state index in [1.165, 1.54) is 11.1 Å². The van der Waals surface area contributed by atoms with E-state index < -0.39 is 0 Å². The minimum absolute atomic E-state index is 0.0420. The number of aryl methyl sites for hydroxylation is 1. The molecule has 0 bridgehead atoms. The molecule has 2 amide bonds. The molecule has 1 N–H and O–H groups in total. The molecule has 0 spiro atoms. The molecule has 0 saturated heterocycles. The highest BCUT2D eigenvalue weighted by molar-refractivity contribution is 5.91. The van der Waals surface area contributed by atoms with Gasteiger partial charge in [0.1, 0.15) is 0 Å². The first-order valence-corrected chi connectivity index (χ1v) is 7.65. The number of benzene rings is 1. The van der Waals surface area contributed by atoms with Crippen LogP contribution in [0.4, 0.5) is 10.5 Å². The van der Waals surface area contributed by atoms with Gasteiger partial charge in [0.05, 0.1) is 0 Å². The highest BCUT2D eigenvalue weighted by Crippen LogP contribution is 2.28. The lowest BCUT2D eigenvalue weighted by Crippen LogP contribution is -2.36. The van der Waals surface area contributed by atoms with Crippen LogP contribution in [0.25, 0.3) is 0 Å². The van der Waals surface area contributed by atoms with E-state index in [9.17, 15) is 4.79 Å². The first-order valence-electron chi connectivity index (χ1n) is 7.65. The van der Waals surface area contributed by atoms with E-state index in [2.05, 4.69) is 49.2 Å². The van der Waals surface area contributed by atoms with E-state index in [4.69, 9.17) is 0 Å². The number of hydrogen-bond donors (Lipinski definition) is 1. The number of nitrogens with zero attached hydrogens (tertiary/aromatic N) is 2. The summed E-state index contributed by atoms with van der Waals surface area (Å²) in [7, 11) is 5.85. The van der Waals surface area contributed by atoms with Crippen molar-refractivity contribution in [1.82, 2.24) is 9.80 Å². The third kappa shape index (κ3) is 5.05. The third-order valence-electron chi connectivity index (χ3n) is 3.65. The summed E-state index contributed by atoms with van der Waals surface area (Å²) >= 11 is 0. The molecule has 1 aromatic rings. The lowest BCUT2D eigenvalue weighted by Gasteiger charge is -2.23. The van der Waals surface area contributed by atoms with Gasteiger partial charge in [0.2, 0.25) is 0 Å². The van der Waals surface area contributed by atoms with Crippen LogP contribution in [0.15, 0.2) is 18.2 Å². The zero-order chi connectivity index (χ0) is 16.0. The number of likely N-dealkylation sites (N-methyl/N-ethyl adjacent to an activating group) is 2. The highest BCUT2D eigenvalue weighted by Gasteiger charge is 2.15. The lowest BCUT2D eigenvalue weighted by atomic mass is 9.96. The van der Waals surface area contributed by atoms with Gasteiger partial charge in [-0.1, -0.05) is 39.0 Å². The monoisotopic (exact) mass is 291 g/mol. The van der Waals surface area contributed by atoms with Crippen LogP contribution in [0.3, 0.4) is 0 Å². The van der Waals surface area contributed by atoms with E-state index in [0.717, 1.165) is 18.7 Å². The van der Waals surface area contributed by atoms with E-state index in [1.54, 1.807) is 4.90 Å². The van der Waals surface area contributed by atoms with Gasteiger partial charge in [-0.05, 0) is 37.6 Å². The number of carbonyl (C=O) groups excluding carboxylic acids is 1. The fraction of sp³-hybridized carbons (Fsp3) is 0.588. The minimum Gasteiger partial charge on any atom is -0.326 e. The molecule has 0 heterocycles. The molecule has 0 aliphatic heterocycles. The summed E-state index contributed by atoms with van der Waals surface area (Å²) in [6, 6.07) is 6.21. The molecule has 0 fully saturated rings. The summed E-state index contributed by atoms with van der Waals surface area (Å²) in [5, 5.41) is 3.10. The van der Waals surface area contributed by atoms with Gasteiger partial charge in [0.15, 0.2) is 0 Å². The molecule has 0 aliphatic rings. The summed E-state index contributed by atoms with van der Waals surface area (Å²) in [6.07, 6.45) is 0.914. The van der Waals surface area contributed by atoms with Gasteiger partial charge in [-0.25, -0.2) is 4.79 Å². The number of carbonyl (C=O) groups is 1. The van der Waals surface area contributed by atoms with Crippen molar-refractivity contribution >= 4 is 11.7 Å². The Morgan fingerprint density at radius 2 is 1.86 bits per heavy atom. The van der Waals surface area contributed by atoms with Gasteiger partial charge in [-0.15, -0.1) is 0 Å². The van der Waals surface area contributed by atoms with Crippen molar-refractivity contribution < 1.29 is 4.79 Å². The Kier molecular flexibility index (Phi) is 6.69. The molecule has 4 heteroatoms. The Morgan fingerprint density at radius 3 is 2.38 bits per heavy atom. The van der Waals surface area contributed by atoms with Crippen LogP contribution >= 0.6 is 0 Å². The van der Waals surface area contributed by atoms with Crippen molar-refractivity contribution in [1.29, 1.82) is 0 Å². The molecular weight excluding hydrogens is 262 g/mol. The van der Waals surface area contributed by atoms with Crippen molar-refractivity contribution in [3.8, 4) is 0 Å². The molecule has 0 aliphatic carbocycles. The molecule has 0 radical (unpaired) electrons. The zero-order valence-electron chi connectivity index (χ0n) is 14.2. The topological polar surface area (TPSA) is 35.6 Å². The predicted octanol–water partition coefficient (Wildman–Crippen LogP) is 3.40. The molecule has 0 unspecified atom stereocenters. The second-order valence-electron chi connectivity index (χ2n) is 6.04. The molecule has 1 rings (SSSR count). The van der Waals surface area contributed by atoms with Gasteiger partial charge in [0.25, 0.3) is 0 Å². The molecule has 118 valence electrons. The maximum absolute atomic E-state index is 12.4. The Bertz CT molecular complexity index is 469. The largest absolute Gasteiger partial charge is 0.326 e. The second kappa shape index (κ2) is 8.03. The smallest absolute Gasteiger partial charge is 0.321 e. The van der Waals surface area contributed by atoms with Gasteiger partial charge < -0.3 is 15.1 Å². The predicted molar refractivity (Wildman–Crippen MR) is 90.1 cm³/mol. The van der Waals surface area contributed by atoms with Crippen molar-refractivity contribution in [3.05, 3.63) is 29.3 Å². The van der Waals surface area contributed by atoms with Crippen LogP contribution < -0.4 is 5.32 Å². The van der Waals surface area contributed by atoms with Gasteiger partial charge >= 0.3 is 6.03 Å². The van der Waals surface area contributed by atoms with Crippen LogP contribution in [0.2, 0.25) is 0 Å². The number of anilines is 1. The number of hydrogen-bond acceptors (Lipinski definition) is 2. The molecule has 0 aromatic heterocycles. The zero-order valence-corrected chi connectivity index (χ0v) is 14.2. The fourth-order valence-electron chi connectivity index (χ4n) is 2.20. The minimum atomic E-state index is -0.0420. The van der Waals surface area contributed by atoms with Crippen LogP contribution in [-0.2, 0) is 6.42 Å². The average Bonchev–Trinajstić information content (AvgIpc) is 2.44. The van der Waals surface area contributed by atoms with Crippen molar-refractivity contribution in [2.24, 2.45) is 0 Å². The van der Waals surface area contributed by atoms with Crippen LogP contribution in [0, 0.1) is 0 Å². The first-order chi connectivity index (χ1) is 9.86. The maximum Gasteiger partial charge on any atom is 0.321 e. The number of rotatable bonds is 6. The van der Waals surface area contributed by atoms with Crippen LogP contribution in [-0.4, -0.2) is 50.1 Å². The van der Waals surface area contributed by atoms with E-state index in [-0.39, 0.29) is 6.03 Å². The van der Waals surface area contributed by atoms with E-state index in [0.29, 0.717) is 12.5 Å². The van der Waals surface area contributed by atoms with Crippen LogP contribution in [0.5, 0.6) is 0 Å². The highest BCUT2D eigenvalue weighted by atomic mass is 16.2. The van der Waals surface area contributed by atoms with Gasteiger partial charge in [-0.2, -0.15) is 0 Å². The normalized spacial score (nSPS) is 11.0. The summed E-state index contributed by atoms with van der Waals surface area (Å²) in [5.74, 6) is 0.388. The van der Waals surface area contributed by atoms with E-state index >= 15 is 0 Å². The van der Waals surface area contributed by atoms with Gasteiger partial charge in [-0.3, -0.25) is 0 Å². The Hall–Kier alpha value is -1.55. The summed E-state index contributed by atoms with van der Waals surface area (Å²) in [5.41, 5.74) is 3.37. The standard InChI is InChI=1S/C17H29N3O/c1-7-14-9-8-10-15(13(2)3)16(14)18-17(21)20(6)12-11-19(4)5/h8-10,13H,7,11-12H2,1-6H3,(H,18,21). The van der Waals surface area contributed by atoms with Gasteiger partial charge in [0, 0.05) is 25.8 Å². The summed E-state index contributed by atoms with van der Waals surface area (Å²) < 4.78 is 0. The molecule has 21 heavy (non-hydrogen) atoms. The van der Waals surface area contributed by atoms with Crippen molar-refractivity contribution in [2.75, 3.05) is 39.5 Å². The fourth-order valence-corrected chi connectivity index (χ4v) is 2.20. The summed E-state index contributed by atoms with van der Waals surface area (Å²) in [6.45, 7) is 7.99. The number of para-hydroxylation sites is 1. The van der Waals surface area contributed by atoms with Crippen molar-refractivity contribution in [3.63, 3.8) is 0 Å². The summed E-state index contributed by atoms with van der Waals surface area (Å²) in [4.78, 5) is 16.2. The SMILES string of the molecule is CCc1cccc(C(C)C)c1NC(=O)N(C)CCN(C)C. The Balaban J connectivity index is 2.88. The lowest BCUT2D eigenvalue weighted by molar-refractivity contribution is 0.217. The molecular formula is C17H29N3O. The first kappa shape index (κ1) is 17.5. The molecule has 4 nitrogen and oxygen atoms in total. The average molecular weight is 291 g/mol. The Labute approximate surface area is 129 Å².